The lowest BCUT2D eigenvalue weighted by atomic mass is 9.90. The van der Waals surface area contributed by atoms with Gasteiger partial charge in [0.1, 0.15) is 12.6 Å². The van der Waals surface area contributed by atoms with Crippen LogP contribution in [0.4, 0.5) is 4.79 Å². The summed E-state index contributed by atoms with van der Waals surface area (Å²) in [7, 11) is 3.50. The smallest absolute Gasteiger partial charge is 0.407 e. The molecular formula is C27H31N3O5. The van der Waals surface area contributed by atoms with Crippen molar-refractivity contribution in [2.45, 2.75) is 30.8 Å². The van der Waals surface area contributed by atoms with E-state index in [2.05, 4.69) is 34.9 Å². The van der Waals surface area contributed by atoms with Crippen molar-refractivity contribution in [3.63, 3.8) is 0 Å². The minimum absolute atomic E-state index is 0.0294. The molecule has 2 aromatic carbocycles. The third-order valence-electron chi connectivity index (χ3n) is 6.51. The molecule has 0 spiro atoms. The van der Waals surface area contributed by atoms with Crippen molar-refractivity contribution in [3.05, 3.63) is 71.8 Å². The van der Waals surface area contributed by atoms with Crippen LogP contribution in [0.5, 0.6) is 0 Å². The average molecular weight is 478 g/mol. The number of benzene rings is 2. The van der Waals surface area contributed by atoms with Crippen molar-refractivity contribution in [2.75, 3.05) is 27.2 Å². The van der Waals surface area contributed by atoms with Crippen LogP contribution in [-0.2, 0) is 14.3 Å². The first-order chi connectivity index (χ1) is 16.8. The van der Waals surface area contributed by atoms with E-state index in [0.29, 0.717) is 12.8 Å². The van der Waals surface area contributed by atoms with Crippen molar-refractivity contribution in [1.82, 2.24) is 15.5 Å². The van der Waals surface area contributed by atoms with Gasteiger partial charge in [-0.3, -0.25) is 4.79 Å². The van der Waals surface area contributed by atoms with Crippen LogP contribution in [0.2, 0.25) is 0 Å². The quantitative estimate of drug-likeness (QED) is 0.505. The van der Waals surface area contributed by atoms with Gasteiger partial charge in [-0.25, -0.2) is 9.59 Å². The molecule has 0 heterocycles. The fourth-order valence-corrected chi connectivity index (χ4v) is 4.84. The molecule has 0 radical (unpaired) electrons. The van der Waals surface area contributed by atoms with Gasteiger partial charge in [-0.1, -0.05) is 60.7 Å². The van der Waals surface area contributed by atoms with Crippen molar-refractivity contribution in [3.8, 4) is 11.1 Å². The van der Waals surface area contributed by atoms with Gasteiger partial charge in [0.15, 0.2) is 0 Å². The molecule has 3 atom stereocenters. The number of carboxylic acids is 1. The topological polar surface area (TPSA) is 108 Å². The molecule has 4 rings (SSSR count). The predicted octanol–water partition coefficient (Wildman–Crippen LogP) is 2.99. The maximum atomic E-state index is 12.7. The van der Waals surface area contributed by atoms with Gasteiger partial charge >= 0.3 is 12.1 Å². The molecule has 2 aliphatic carbocycles. The molecule has 0 fully saturated rings. The van der Waals surface area contributed by atoms with E-state index in [-0.39, 0.29) is 31.0 Å². The third-order valence-corrected chi connectivity index (χ3v) is 6.51. The highest BCUT2D eigenvalue weighted by Crippen LogP contribution is 2.44. The number of carboxylic acid groups (broad SMARTS) is 1. The van der Waals surface area contributed by atoms with Gasteiger partial charge in [0, 0.05) is 18.4 Å². The Hall–Kier alpha value is -3.65. The second-order valence-electron chi connectivity index (χ2n) is 9.33. The maximum Gasteiger partial charge on any atom is 0.407 e. The summed E-state index contributed by atoms with van der Waals surface area (Å²) in [6, 6.07) is 14.9. The van der Waals surface area contributed by atoms with E-state index in [0.717, 1.165) is 22.3 Å². The highest BCUT2D eigenvalue weighted by atomic mass is 16.5. The van der Waals surface area contributed by atoms with Crippen molar-refractivity contribution >= 4 is 18.0 Å². The van der Waals surface area contributed by atoms with Crippen LogP contribution in [0.1, 0.15) is 29.9 Å². The fraction of sp³-hybridized carbons (Fsp3) is 0.370. The Bertz CT molecular complexity index is 1080. The summed E-state index contributed by atoms with van der Waals surface area (Å²) >= 11 is 0. The van der Waals surface area contributed by atoms with Crippen LogP contribution < -0.4 is 10.6 Å². The number of rotatable bonds is 8. The van der Waals surface area contributed by atoms with Crippen LogP contribution in [0.3, 0.4) is 0 Å². The minimum Gasteiger partial charge on any atom is -0.480 e. The van der Waals surface area contributed by atoms with Crippen LogP contribution >= 0.6 is 0 Å². The van der Waals surface area contributed by atoms with Crippen molar-refractivity contribution in [1.29, 1.82) is 0 Å². The lowest BCUT2D eigenvalue weighted by Crippen LogP contribution is -2.50. The minimum atomic E-state index is -1.08. The monoisotopic (exact) mass is 477 g/mol. The molecule has 2 aromatic rings. The second kappa shape index (κ2) is 10.7. The molecule has 184 valence electrons. The third kappa shape index (κ3) is 5.71. The first-order valence-electron chi connectivity index (χ1n) is 11.8. The molecule has 1 unspecified atom stereocenters. The van der Waals surface area contributed by atoms with Gasteiger partial charge in [-0.15, -0.1) is 0 Å². The molecule has 0 aliphatic heterocycles. The van der Waals surface area contributed by atoms with E-state index in [4.69, 9.17) is 4.74 Å². The Balaban J connectivity index is 1.32. The lowest BCUT2D eigenvalue weighted by Gasteiger charge is -2.27. The molecule has 0 saturated carbocycles. The normalized spacial score (nSPS) is 19.5. The molecular weight excluding hydrogens is 446 g/mol. The SMILES string of the molecule is CN(C)CC(NC(=O)[C@@H]1CC=C[C@@H](NC(=O)OCC2c3ccccc3-c3ccccc32)C1)C(=O)O. The standard InChI is InChI=1S/C27H31N3O5/c1-30(2)15-24(26(32)33)29-25(31)17-8-7-9-18(14-17)28-27(34)35-16-23-21-12-5-3-10-19(21)20-11-4-6-13-22(20)23/h3-7,9-13,17-18,23-24H,8,14-16H2,1-2H3,(H,28,34)(H,29,31)(H,32,33)/t17-,18-,24?/m1/s1. The Kier molecular flexibility index (Phi) is 7.51. The number of nitrogens with zero attached hydrogens (tertiary/aromatic N) is 1. The Morgan fingerprint density at radius 2 is 1.69 bits per heavy atom. The molecule has 35 heavy (non-hydrogen) atoms. The number of ether oxygens (including phenoxy) is 1. The number of aliphatic carboxylic acids is 1. The first kappa shape index (κ1) is 24.5. The van der Waals surface area contributed by atoms with Crippen LogP contribution in [0, 0.1) is 5.92 Å². The molecule has 0 bridgehead atoms. The summed E-state index contributed by atoms with van der Waals surface area (Å²) in [5.41, 5.74) is 4.60. The predicted molar refractivity (Wildman–Crippen MR) is 132 cm³/mol. The summed E-state index contributed by atoms with van der Waals surface area (Å²) in [6.45, 7) is 0.413. The van der Waals surface area contributed by atoms with E-state index < -0.39 is 24.0 Å². The molecule has 0 saturated heterocycles. The summed E-state index contributed by atoms with van der Waals surface area (Å²) in [4.78, 5) is 38.5. The van der Waals surface area contributed by atoms with Gasteiger partial charge in [-0.05, 0) is 49.2 Å². The highest BCUT2D eigenvalue weighted by molar-refractivity contribution is 5.85. The number of carbonyl (C=O) groups is 3. The Morgan fingerprint density at radius 3 is 2.29 bits per heavy atom. The molecule has 0 aromatic heterocycles. The molecule has 8 heteroatoms. The van der Waals surface area contributed by atoms with E-state index in [1.54, 1.807) is 19.0 Å². The maximum absolute atomic E-state index is 12.7. The zero-order chi connectivity index (χ0) is 24.9. The van der Waals surface area contributed by atoms with Gasteiger partial charge in [0.25, 0.3) is 0 Å². The fourth-order valence-electron chi connectivity index (χ4n) is 4.84. The number of likely N-dealkylation sites (N-methyl/N-ethyl adjacent to an activating group) is 1. The summed E-state index contributed by atoms with van der Waals surface area (Å²) < 4.78 is 5.61. The molecule has 2 aliphatic rings. The van der Waals surface area contributed by atoms with E-state index >= 15 is 0 Å². The average Bonchev–Trinajstić information content (AvgIpc) is 3.16. The zero-order valence-corrected chi connectivity index (χ0v) is 19.9. The number of hydrogen-bond acceptors (Lipinski definition) is 5. The first-order valence-corrected chi connectivity index (χ1v) is 11.8. The Morgan fingerprint density at radius 1 is 1.06 bits per heavy atom. The summed E-state index contributed by atoms with van der Waals surface area (Å²) in [5, 5.41) is 14.8. The number of hydrogen-bond donors (Lipinski definition) is 3. The zero-order valence-electron chi connectivity index (χ0n) is 19.9. The number of alkyl carbamates (subject to hydrolysis) is 1. The van der Waals surface area contributed by atoms with Crippen molar-refractivity contribution in [2.24, 2.45) is 5.92 Å². The Labute approximate surface area is 205 Å². The van der Waals surface area contributed by atoms with E-state index in [1.807, 2.05) is 36.4 Å². The van der Waals surface area contributed by atoms with Gasteiger partial charge in [0.05, 0.1) is 6.04 Å². The second-order valence-corrected chi connectivity index (χ2v) is 9.33. The summed E-state index contributed by atoms with van der Waals surface area (Å²) in [5.74, 6) is -1.87. The number of allylic oxidation sites excluding steroid dienone is 1. The largest absolute Gasteiger partial charge is 0.480 e. The molecule has 3 N–H and O–H groups in total. The molecule has 2 amide bonds. The van der Waals surface area contributed by atoms with Crippen LogP contribution in [-0.4, -0.2) is 67.3 Å². The highest BCUT2D eigenvalue weighted by Gasteiger charge is 2.31. The van der Waals surface area contributed by atoms with Gasteiger partial charge in [-0.2, -0.15) is 0 Å². The molecule has 8 nitrogen and oxygen atoms in total. The summed E-state index contributed by atoms with van der Waals surface area (Å²) in [6.07, 6.45) is 4.01. The van der Waals surface area contributed by atoms with Gasteiger partial charge in [0.2, 0.25) is 5.91 Å². The number of carbonyl (C=O) groups excluding carboxylic acids is 2. The van der Waals surface area contributed by atoms with Gasteiger partial charge < -0.3 is 25.4 Å². The number of nitrogens with one attached hydrogen (secondary N) is 2. The van der Waals surface area contributed by atoms with Crippen LogP contribution in [0.25, 0.3) is 11.1 Å². The van der Waals surface area contributed by atoms with Crippen LogP contribution in [0.15, 0.2) is 60.7 Å². The van der Waals surface area contributed by atoms with Crippen molar-refractivity contribution < 1.29 is 24.2 Å². The lowest BCUT2D eigenvalue weighted by molar-refractivity contribution is -0.143. The number of amides is 2. The number of fused-ring (bicyclic) bond motifs is 3. The van der Waals surface area contributed by atoms with E-state index in [9.17, 15) is 19.5 Å². The van der Waals surface area contributed by atoms with E-state index in [1.165, 1.54) is 0 Å².